The molecule has 6 atom stereocenters. The van der Waals surface area contributed by atoms with Crippen molar-refractivity contribution in [3.05, 3.63) is 29.8 Å². The minimum atomic E-state index is -1.64. The fraction of sp³-hybridized carbons (Fsp3) is 0.522. The van der Waals surface area contributed by atoms with E-state index in [0.717, 1.165) is 0 Å². The van der Waals surface area contributed by atoms with E-state index in [9.17, 15) is 39.3 Å². The molecule has 0 saturated carbocycles. The van der Waals surface area contributed by atoms with Gasteiger partial charge in [-0.2, -0.15) is 0 Å². The SMILES string of the molecule is CCC(C)C(NC(=O)C(N)CC(=O)O)C(=O)NC(Cc1ccc(O)cc1)C(=O)NC(C(=O)O)C(C)O. The molecule has 0 saturated heterocycles. The second-order valence-electron chi connectivity index (χ2n) is 8.57. The molecule has 0 aliphatic rings. The number of aliphatic hydroxyl groups is 1. The van der Waals surface area contributed by atoms with Gasteiger partial charge < -0.3 is 42.1 Å². The lowest BCUT2D eigenvalue weighted by molar-refractivity contribution is -0.145. The third-order valence-corrected chi connectivity index (χ3v) is 5.58. The summed E-state index contributed by atoms with van der Waals surface area (Å²) in [6.45, 7) is 4.60. The minimum Gasteiger partial charge on any atom is -0.508 e. The Labute approximate surface area is 208 Å². The fourth-order valence-electron chi connectivity index (χ4n) is 3.22. The van der Waals surface area contributed by atoms with Crippen LogP contribution in [0.15, 0.2) is 24.3 Å². The number of hydrogen-bond acceptors (Lipinski definition) is 8. The Balaban J connectivity index is 3.19. The number of amides is 3. The summed E-state index contributed by atoms with van der Waals surface area (Å²) in [6.07, 6.45) is -1.75. The molecule has 0 fully saturated rings. The van der Waals surface area contributed by atoms with Crippen molar-refractivity contribution in [3.8, 4) is 5.75 Å². The van der Waals surface area contributed by atoms with Crippen LogP contribution < -0.4 is 21.7 Å². The number of nitrogens with one attached hydrogen (secondary N) is 3. The number of rotatable bonds is 14. The summed E-state index contributed by atoms with van der Waals surface area (Å²) >= 11 is 0. The number of phenolic OH excluding ortho intramolecular Hbond substituents is 1. The van der Waals surface area contributed by atoms with E-state index in [4.69, 9.17) is 10.8 Å². The van der Waals surface area contributed by atoms with Gasteiger partial charge in [-0.05, 0) is 30.5 Å². The second kappa shape index (κ2) is 14.0. The molecule has 6 unspecified atom stereocenters. The van der Waals surface area contributed by atoms with E-state index < -0.39 is 72.3 Å². The topological polar surface area (TPSA) is 228 Å². The Morgan fingerprint density at radius 2 is 1.44 bits per heavy atom. The lowest BCUT2D eigenvalue weighted by Crippen LogP contribution is -2.60. The molecule has 0 aliphatic carbocycles. The highest BCUT2D eigenvalue weighted by Gasteiger charge is 2.33. The molecule has 0 aromatic heterocycles. The highest BCUT2D eigenvalue weighted by atomic mass is 16.4. The quantitative estimate of drug-likeness (QED) is 0.147. The molecule has 0 aliphatic heterocycles. The molecule has 0 spiro atoms. The molecule has 0 radical (unpaired) electrons. The van der Waals surface area contributed by atoms with Crippen LogP contribution in [0.5, 0.6) is 5.75 Å². The number of carbonyl (C=O) groups excluding carboxylic acids is 3. The molecule has 13 nitrogen and oxygen atoms in total. The molecule has 200 valence electrons. The Hall–Kier alpha value is -3.71. The Kier molecular flexibility index (Phi) is 11.8. The molecule has 13 heteroatoms. The zero-order valence-electron chi connectivity index (χ0n) is 20.3. The number of carboxylic acids is 2. The predicted octanol–water partition coefficient (Wildman–Crippen LogP) is -1.30. The van der Waals surface area contributed by atoms with Crippen molar-refractivity contribution in [3.63, 3.8) is 0 Å². The third-order valence-electron chi connectivity index (χ3n) is 5.58. The van der Waals surface area contributed by atoms with E-state index in [1.165, 1.54) is 31.2 Å². The fourth-order valence-corrected chi connectivity index (χ4v) is 3.22. The summed E-state index contributed by atoms with van der Waals surface area (Å²) in [5.41, 5.74) is 6.11. The summed E-state index contributed by atoms with van der Waals surface area (Å²) < 4.78 is 0. The molecular weight excluding hydrogens is 476 g/mol. The van der Waals surface area contributed by atoms with E-state index in [2.05, 4.69) is 16.0 Å². The van der Waals surface area contributed by atoms with E-state index in [1.54, 1.807) is 13.8 Å². The number of benzene rings is 1. The van der Waals surface area contributed by atoms with Gasteiger partial charge in [-0.25, -0.2) is 4.79 Å². The van der Waals surface area contributed by atoms with Crippen LogP contribution in [-0.4, -0.2) is 80.4 Å². The van der Waals surface area contributed by atoms with E-state index >= 15 is 0 Å². The summed E-state index contributed by atoms with van der Waals surface area (Å²) in [4.78, 5) is 60.8. The van der Waals surface area contributed by atoms with Crippen LogP contribution >= 0.6 is 0 Å². The zero-order valence-corrected chi connectivity index (χ0v) is 20.3. The Bertz CT molecular complexity index is 936. The van der Waals surface area contributed by atoms with Crippen molar-refractivity contribution in [2.75, 3.05) is 0 Å². The number of carbonyl (C=O) groups is 5. The highest BCUT2D eigenvalue weighted by Crippen LogP contribution is 2.13. The van der Waals surface area contributed by atoms with Gasteiger partial charge in [0.1, 0.15) is 17.8 Å². The number of phenols is 1. The first kappa shape index (κ1) is 30.3. The summed E-state index contributed by atoms with van der Waals surface area (Å²) in [5, 5.41) is 44.5. The number of hydrogen-bond donors (Lipinski definition) is 8. The first-order valence-corrected chi connectivity index (χ1v) is 11.3. The van der Waals surface area contributed by atoms with Crippen molar-refractivity contribution in [1.82, 2.24) is 16.0 Å². The minimum absolute atomic E-state index is 0.0268. The summed E-state index contributed by atoms with van der Waals surface area (Å²) in [5.74, 6) is -5.78. The maximum Gasteiger partial charge on any atom is 0.328 e. The number of aliphatic hydroxyl groups excluding tert-OH is 1. The van der Waals surface area contributed by atoms with Crippen LogP contribution in [0.1, 0.15) is 39.2 Å². The van der Waals surface area contributed by atoms with Crippen LogP contribution in [0.25, 0.3) is 0 Å². The monoisotopic (exact) mass is 510 g/mol. The van der Waals surface area contributed by atoms with E-state index in [-0.39, 0.29) is 12.2 Å². The molecule has 1 aromatic carbocycles. The first-order valence-electron chi connectivity index (χ1n) is 11.3. The van der Waals surface area contributed by atoms with Gasteiger partial charge in [0.2, 0.25) is 17.7 Å². The normalized spacial score (nSPS) is 15.9. The number of carboxylic acid groups (broad SMARTS) is 2. The standard InChI is InChI=1S/C23H34N4O9/c1-4-11(2)18(26-20(32)15(24)10-17(30)31)22(34)25-16(9-13-5-7-14(29)8-6-13)21(33)27-19(12(3)28)23(35)36/h5-8,11-12,15-16,18-19,28-29H,4,9-10,24H2,1-3H3,(H,25,34)(H,26,32)(H,27,33)(H,30,31)(H,35,36). The maximum absolute atomic E-state index is 13.2. The van der Waals surface area contributed by atoms with Crippen molar-refractivity contribution in [1.29, 1.82) is 0 Å². The average Bonchev–Trinajstić information content (AvgIpc) is 2.79. The van der Waals surface area contributed by atoms with Gasteiger partial charge >= 0.3 is 11.9 Å². The van der Waals surface area contributed by atoms with Crippen LogP contribution in [0, 0.1) is 5.92 Å². The summed E-state index contributed by atoms with van der Waals surface area (Å²) in [6, 6.07) is 0.204. The van der Waals surface area contributed by atoms with Crippen molar-refractivity contribution >= 4 is 29.7 Å². The number of aromatic hydroxyl groups is 1. The van der Waals surface area contributed by atoms with Gasteiger partial charge in [0.25, 0.3) is 0 Å². The van der Waals surface area contributed by atoms with Crippen LogP contribution in [0.3, 0.4) is 0 Å². The van der Waals surface area contributed by atoms with Gasteiger partial charge in [0.05, 0.1) is 18.6 Å². The summed E-state index contributed by atoms with van der Waals surface area (Å²) in [7, 11) is 0. The molecule has 0 bridgehead atoms. The predicted molar refractivity (Wildman–Crippen MR) is 127 cm³/mol. The largest absolute Gasteiger partial charge is 0.508 e. The van der Waals surface area contributed by atoms with Crippen molar-refractivity contribution in [2.45, 2.75) is 70.3 Å². The smallest absolute Gasteiger partial charge is 0.328 e. The molecule has 0 heterocycles. The molecule has 1 aromatic rings. The second-order valence-corrected chi connectivity index (χ2v) is 8.57. The van der Waals surface area contributed by atoms with Gasteiger partial charge in [0.15, 0.2) is 6.04 Å². The van der Waals surface area contributed by atoms with E-state index in [0.29, 0.717) is 12.0 Å². The molecular formula is C23H34N4O9. The average molecular weight is 511 g/mol. The van der Waals surface area contributed by atoms with Crippen LogP contribution in [0.4, 0.5) is 0 Å². The van der Waals surface area contributed by atoms with Crippen molar-refractivity contribution in [2.24, 2.45) is 11.7 Å². The van der Waals surface area contributed by atoms with Crippen LogP contribution in [-0.2, 0) is 30.4 Å². The highest BCUT2D eigenvalue weighted by molar-refractivity contribution is 5.95. The molecule has 36 heavy (non-hydrogen) atoms. The number of nitrogens with two attached hydrogens (primary N) is 1. The first-order chi connectivity index (χ1) is 16.8. The van der Waals surface area contributed by atoms with Crippen molar-refractivity contribution < 1.29 is 44.4 Å². The zero-order chi connectivity index (χ0) is 27.6. The van der Waals surface area contributed by atoms with E-state index in [1.807, 2.05) is 0 Å². The van der Waals surface area contributed by atoms with Gasteiger partial charge in [-0.1, -0.05) is 32.4 Å². The molecule has 1 rings (SSSR count). The molecule has 3 amide bonds. The Morgan fingerprint density at radius 3 is 1.92 bits per heavy atom. The van der Waals surface area contributed by atoms with Gasteiger partial charge in [-0.15, -0.1) is 0 Å². The lowest BCUT2D eigenvalue weighted by Gasteiger charge is -2.28. The molecule has 9 N–H and O–H groups in total. The maximum atomic E-state index is 13.2. The number of aliphatic carboxylic acids is 2. The van der Waals surface area contributed by atoms with Gasteiger partial charge in [0, 0.05) is 6.42 Å². The van der Waals surface area contributed by atoms with Crippen LogP contribution in [0.2, 0.25) is 0 Å². The van der Waals surface area contributed by atoms with Gasteiger partial charge in [-0.3, -0.25) is 19.2 Å². The lowest BCUT2D eigenvalue weighted by atomic mass is 9.96. The Morgan fingerprint density at radius 1 is 0.889 bits per heavy atom. The third kappa shape index (κ3) is 9.50.